The van der Waals surface area contributed by atoms with Gasteiger partial charge in [-0.1, -0.05) is 0 Å². The lowest BCUT2D eigenvalue weighted by atomic mass is 10.1. The highest BCUT2D eigenvalue weighted by Crippen LogP contribution is 2.34. The summed E-state index contributed by atoms with van der Waals surface area (Å²) in [5, 5.41) is -0.466. The molecule has 2 aliphatic rings. The summed E-state index contributed by atoms with van der Waals surface area (Å²) in [6, 6.07) is 5.49. The summed E-state index contributed by atoms with van der Waals surface area (Å²) in [5.41, 5.74) is 7.96. The Morgan fingerprint density at radius 2 is 1.63 bits per heavy atom. The Bertz CT molecular complexity index is 981. The minimum atomic E-state index is -3.53. The summed E-state index contributed by atoms with van der Waals surface area (Å²) in [6.07, 6.45) is 4.07. The van der Waals surface area contributed by atoms with E-state index < -0.39 is 15.1 Å². The lowest BCUT2D eigenvalue weighted by molar-refractivity contribution is -0.0276. The number of benzene rings is 1. The molecule has 0 radical (unpaired) electrons. The van der Waals surface area contributed by atoms with Gasteiger partial charge < -0.3 is 20.1 Å². The zero-order chi connectivity index (χ0) is 21.3. The maximum atomic E-state index is 13.6. The Morgan fingerprint density at radius 3 is 2.27 bits per heavy atom. The number of sulfone groups is 1. The van der Waals surface area contributed by atoms with Crippen molar-refractivity contribution in [3.05, 3.63) is 30.6 Å². The molecule has 9 heteroatoms. The molecule has 1 unspecified atom stereocenters. The standard InChI is InChI=1S/C21H28N4O4S/c1-14-7-19(8-15(2)29-14)30(26,27)20-10-16(17-12-23-21(22)24-13-17)9-18(11-20)25-3-5-28-6-4-25/h9-15,19H,3-8H2,1-2H3,(H2,22,23,24)/t14-,15+,19?. The molecule has 2 fully saturated rings. The number of hydrogen-bond donors (Lipinski definition) is 1. The van der Waals surface area contributed by atoms with E-state index in [1.807, 2.05) is 19.9 Å². The maximum Gasteiger partial charge on any atom is 0.219 e. The van der Waals surface area contributed by atoms with E-state index in [0.717, 1.165) is 16.8 Å². The SMILES string of the molecule is C[C@@H]1CC(S(=O)(=O)c2cc(-c3cnc(N)nc3)cc(N3CCOCC3)c2)C[C@H](C)O1. The Hall–Kier alpha value is -2.23. The van der Waals surface area contributed by atoms with Crippen LogP contribution in [0.3, 0.4) is 0 Å². The summed E-state index contributed by atoms with van der Waals surface area (Å²) in [4.78, 5) is 10.6. The molecule has 2 aromatic rings. The van der Waals surface area contributed by atoms with Crippen molar-refractivity contribution < 1.29 is 17.9 Å². The van der Waals surface area contributed by atoms with E-state index in [4.69, 9.17) is 15.2 Å². The van der Waals surface area contributed by atoms with Crippen LogP contribution in [0.2, 0.25) is 0 Å². The number of anilines is 2. The van der Waals surface area contributed by atoms with Crippen LogP contribution < -0.4 is 10.6 Å². The second kappa shape index (κ2) is 8.49. The van der Waals surface area contributed by atoms with Gasteiger partial charge in [0.2, 0.25) is 5.95 Å². The smallest absolute Gasteiger partial charge is 0.219 e. The first-order valence-corrected chi connectivity index (χ1v) is 11.8. The molecule has 162 valence electrons. The van der Waals surface area contributed by atoms with Gasteiger partial charge in [0.15, 0.2) is 9.84 Å². The first kappa shape index (κ1) is 21.0. The third-order valence-corrected chi connectivity index (χ3v) is 7.85. The largest absolute Gasteiger partial charge is 0.378 e. The van der Waals surface area contributed by atoms with E-state index in [-0.39, 0.29) is 18.2 Å². The molecule has 8 nitrogen and oxygen atoms in total. The molecule has 1 aromatic heterocycles. The highest BCUT2D eigenvalue weighted by Gasteiger charge is 2.35. The number of aromatic nitrogens is 2. The average molecular weight is 433 g/mol. The van der Waals surface area contributed by atoms with Gasteiger partial charge in [0.05, 0.1) is 35.6 Å². The van der Waals surface area contributed by atoms with Crippen molar-refractivity contribution in [3.63, 3.8) is 0 Å². The molecule has 3 heterocycles. The van der Waals surface area contributed by atoms with Gasteiger partial charge >= 0.3 is 0 Å². The molecule has 0 amide bonds. The van der Waals surface area contributed by atoms with Gasteiger partial charge in [-0.3, -0.25) is 0 Å². The van der Waals surface area contributed by atoms with Crippen LogP contribution in [-0.2, 0) is 19.3 Å². The van der Waals surface area contributed by atoms with E-state index >= 15 is 0 Å². The van der Waals surface area contributed by atoms with Crippen LogP contribution >= 0.6 is 0 Å². The van der Waals surface area contributed by atoms with Crippen LogP contribution in [0, 0.1) is 0 Å². The minimum Gasteiger partial charge on any atom is -0.378 e. The van der Waals surface area contributed by atoms with Gasteiger partial charge in [-0.05, 0) is 50.5 Å². The fraction of sp³-hybridized carbons (Fsp3) is 0.524. The lowest BCUT2D eigenvalue weighted by Gasteiger charge is -2.32. The van der Waals surface area contributed by atoms with Crippen molar-refractivity contribution in [2.75, 3.05) is 36.9 Å². The van der Waals surface area contributed by atoms with Gasteiger partial charge in [0.25, 0.3) is 0 Å². The zero-order valence-electron chi connectivity index (χ0n) is 17.3. The Balaban J connectivity index is 1.77. The third kappa shape index (κ3) is 4.43. The monoisotopic (exact) mass is 432 g/mol. The number of hydrogen-bond acceptors (Lipinski definition) is 8. The molecule has 0 spiro atoms. The van der Waals surface area contributed by atoms with Crippen LogP contribution in [-0.4, -0.2) is 62.1 Å². The average Bonchev–Trinajstić information content (AvgIpc) is 2.74. The van der Waals surface area contributed by atoms with Crippen molar-refractivity contribution >= 4 is 21.5 Å². The topological polar surface area (TPSA) is 108 Å². The summed E-state index contributed by atoms with van der Waals surface area (Å²) in [6.45, 7) is 6.52. The fourth-order valence-electron chi connectivity index (χ4n) is 4.20. The Labute approximate surface area is 177 Å². The predicted octanol–water partition coefficient (Wildman–Crippen LogP) is 2.29. The summed E-state index contributed by atoms with van der Waals surface area (Å²) >= 11 is 0. The van der Waals surface area contributed by atoms with Crippen LogP contribution in [0.15, 0.2) is 35.5 Å². The number of nitrogens with two attached hydrogens (primary N) is 1. The maximum absolute atomic E-state index is 13.6. The molecule has 2 saturated heterocycles. The predicted molar refractivity (Wildman–Crippen MR) is 115 cm³/mol. The highest BCUT2D eigenvalue weighted by molar-refractivity contribution is 7.92. The molecule has 0 bridgehead atoms. The lowest BCUT2D eigenvalue weighted by Crippen LogP contribution is -2.38. The zero-order valence-corrected chi connectivity index (χ0v) is 18.1. The molecule has 0 saturated carbocycles. The van der Waals surface area contributed by atoms with Gasteiger partial charge in [0.1, 0.15) is 0 Å². The number of morpholine rings is 1. The van der Waals surface area contributed by atoms with Crippen molar-refractivity contribution in [3.8, 4) is 11.1 Å². The van der Waals surface area contributed by atoms with Crippen molar-refractivity contribution in [1.82, 2.24) is 9.97 Å². The fourth-order valence-corrected chi connectivity index (χ4v) is 6.21. The number of nitrogens with zero attached hydrogens (tertiary/aromatic N) is 3. The molecule has 4 rings (SSSR count). The van der Waals surface area contributed by atoms with Crippen LogP contribution in [0.25, 0.3) is 11.1 Å². The molecular weight excluding hydrogens is 404 g/mol. The van der Waals surface area contributed by atoms with E-state index in [2.05, 4.69) is 14.9 Å². The van der Waals surface area contributed by atoms with Gasteiger partial charge in [-0.25, -0.2) is 18.4 Å². The summed E-state index contributed by atoms with van der Waals surface area (Å²) in [5.74, 6) is 0.182. The first-order valence-electron chi connectivity index (χ1n) is 10.3. The second-order valence-electron chi connectivity index (χ2n) is 8.04. The quantitative estimate of drug-likeness (QED) is 0.784. The first-order chi connectivity index (χ1) is 14.3. The number of nitrogen functional groups attached to an aromatic ring is 1. The van der Waals surface area contributed by atoms with Crippen molar-refractivity contribution in [2.24, 2.45) is 0 Å². The Morgan fingerprint density at radius 1 is 1.00 bits per heavy atom. The normalized spacial score (nSPS) is 25.3. The van der Waals surface area contributed by atoms with E-state index in [9.17, 15) is 8.42 Å². The van der Waals surface area contributed by atoms with Crippen molar-refractivity contribution in [2.45, 2.75) is 49.0 Å². The molecule has 3 atom stereocenters. The van der Waals surface area contributed by atoms with Gasteiger partial charge in [-0.15, -0.1) is 0 Å². The highest BCUT2D eigenvalue weighted by atomic mass is 32.2. The van der Waals surface area contributed by atoms with E-state index in [1.54, 1.807) is 24.5 Å². The Kier molecular flexibility index (Phi) is 5.95. The van der Waals surface area contributed by atoms with Crippen LogP contribution in [0.1, 0.15) is 26.7 Å². The van der Waals surface area contributed by atoms with Crippen LogP contribution in [0.4, 0.5) is 11.6 Å². The minimum absolute atomic E-state index is 0.0825. The van der Waals surface area contributed by atoms with Gasteiger partial charge in [-0.2, -0.15) is 0 Å². The summed E-state index contributed by atoms with van der Waals surface area (Å²) in [7, 11) is -3.53. The second-order valence-corrected chi connectivity index (χ2v) is 10.3. The summed E-state index contributed by atoms with van der Waals surface area (Å²) < 4.78 is 38.4. The number of ether oxygens (including phenoxy) is 2. The molecule has 2 aliphatic heterocycles. The van der Waals surface area contributed by atoms with E-state index in [0.29, 0.717) is 44.0 Å². The molecular formula is C21H28N4O4S. The van der Waals surface area contributed by atoms with Gasteiger partial charge in [0, 0.05) is 36.7 Å². The molecule has 0 aliphatic carbocycles. The van der Waals surface area contributed by atoms with Crippen LogP contribution in [0.5, 0.6) is 0 Å². The third-order valence-electron chi connectivity index (χ3n) is 5.69. The number of rotatable bonds is 4. The molecule has 30 heavy (non-hydrogen) atoms. The molecule has 1 aromatic carbocycles. The molecule has 2 N–H and O–H groups in total. The van der Waals surface area contributed by atoms with Crippen molar-refractivity contribution in [1.29, 1.82) is 0 Å². The van der Waals surface area contributed by atoms with E-state index in [1.165, 1.54) is 0 Å².